The summed E-state index contributed by atoms with van der Waals surface area (Å²) in [4.78, 5) is 25.2. The minimum absolute atomic E-state index is 0.234. The molecular weight excluding hydrogens is 280 g/mol. The number of hydrogen-bond acceptors (Lipinski definition) is 3. The molecule has 0 aromatic heterocycles. The van der Waals surface area contributed by atoms with Crippen molar-refractivity contribution in [1.82, 2.24) is 10.2 Å². The van der Waals surface area contributed by atoms with Gasteiger partial charge in [-0.3, -0.25) is 9.59 Å². The van der Waals surface area contributed by atoms with E-state index in [-0.39, 0.29) is 24.5 Å². The predicted octanol–water partition coefficient (Wildman–Crippen LogP) is 1.56. The summed E-state index contributed by atoms with van der Waals surface area (Å²) < 4.78 is 0. The molecule has 0 radical (unpaired) electrons. The molecule has 1 aromatic carbocycles. The smallest absolute Gasteiger partial charge is 0.246 e. The van der Waals surface area contributed by atoms with E-state index in [1.54, 1.807) is 0 Å². The molecule has 0 unspecified atom stereocenters. The van der Waals surface area contributed by atoms with E-state index in [2.05, 4.69) is 5.32 Å². The summed E-state index contributed by atoms with van der Waals surface area (Å²) in [5.74, 6) is -0.197. The van der Waals surface area contributed by atoms with Crippen LogP contribution in [0.25, 0.3) is 0 Å². The summed E-state index contributed by atoms with van der Waals surface area (Å²) in [6, 6.07) is 9.21. The molecule has 0 heterocycles. The van der Waals surface area contributed by atoms with Crippen molar-refractivity contribution < 1.29 is 14.7 Å². The van der Waals surface area contributed by atoms with Gasteiger partial charge in [-0.1, -0.05) is 44.2 Å². The zero-order chi connectivity index (χ0) is 16.5. The number of amides is 2. The molecule has 0 saturated heterocycles. The minimum Gasteiger partial charge on any atom is -0.376 e. The number of nitrogens with one attached hydrogen (secondary N) is 1. The van der Waals surface area contributed by atoms with Crippen molar-refractivity contribution in [3.8, 4) is 0 Å². The lowest BCUT2D eigenvalue weighted by Gasteiger charge is -2.27. The fourth-order valence-corrected chi connectivity index (χ4v) is 2.32. The van der Waals surface area contributed by atoms with Gasteiger partial charge in [-0.25, -0.2) is 0 Å². The van der Waals surface area contributed by atoms with Crippen LogP contribution in [0.4, 0.5) is 0 Å². The lowest BCUT2D eigenvalue weighted by atomic mass is 10.0. The zero-order valence-electron chi connectivity index (χ0n) is 13.6. The van der Waals surface area contributed by atoms with Gasteiger partial charge < -0.3 is 15.3 Å². The molecule has 0 bridgehead atoms. The highest BCUT2D eigenvalue weighted by Crippen LogP contribution is 2.09. The number of aliphatic hydroxyl groups excluding tert-OH is 1. The lowest BCUT2D eigenvalue weighted by Crippen LogP contribution is -2.49. The first-order valence-corrected chi connectivity index (χ1v) is 7.64. The molecule has 0 aliphatic carbocycles. The van der Waals surface area contributed by atoms with Gasteiger partial charge in [0.1, 0.15) is 12.8 Å². The number of nitrogens with zero attached hydrogens (tertiary/aromatic N) is 1. The number of rotatable bonds is 8. The van der Waals surface area contributed by atoms with Crippen molar-refractivity contribution in [2.45, 2.75) is 39.7 Å². The van der Waals surface area contributed by atoms with Crippen LogP contribution in [0.2, 0.25) is 0 Å². The second-order valence-corrected chi connectivity index (χ2v) is 5.86. The molecule has 122 valence electrons. The topological polar surface area (TPSA) is 69.6 Å². The molecule has 22 heavy (non-hydrogen) atoms. The van der Waals surface area contributed by atoms with Crippen LogP contribution < -0.4 is 5.32 Å². The monoisotopic (exact) mass is 306 g/mol. The zero-order valence-corrected chi connectivity index (χ0v) is 13.6. The molecule has 5 nitrogen and oxygen atoms in total. The van der Waals surface area contributed by atoms with Crippen LogP contribution in [0, 0.1) is 5.92 Å². The second-order valence-electron chi connectivity index (χ2n) is 5.86. The molecule has 0 spiro atoms. The Kier molecular flexibility index (Phi) is 7.60. The number of benzene rings is 1. The molecule has 2 N–H and O–H groups in total. The SMILES string of the molecule is CC(=O)N[C@@H](CC(C)C)C(=O)N(CO)CCc1ccccc1. The molecule has 0 saturated carbocycles. The number of aliphatic hydroxyl groups is 1. The Balaban J connectivity index is 2.68. The average molecular weight is 306 g/mol. The van der Waals surface area contributed by atoms with Gasteiger partial charge in [0.05, 0.1) is 0 Å². The summed E-state index contributed by atoms with van der Waals surface area (Å²) >= 11 is 0. The molecule has 1 atom stereocenters. The molecule has 0 aliphatic heterocycles. The summed E-state index contributed by atoms with van der Waals surface area (Å²) in [5, 5.41) is 12.2. The minimum atomic E-state index is -0.583. The van der Waals surface area contributed by atoms with Crippen molar-refractivity contribution in [2.75, 3.05) is 13.3 Å². The van der Waals surface area contributed by atoms with Gasteiger partial charge in [0, 0.05) is 13.5 Å². The molecule has 1 rings (SSSR count). The lowest BCUT2D eigenvalue weighted by molar-refractivity contribution is -0.139. The maximum atomic E-state index is 12.5. The van der Waals surface area contributed by atoms with Crippen molar-refractivity contribution in [3.63, 3.8) is 0 Å². The van der Waals surface area contributed by atoms with Crippen LogP contribution >= 0.6 is 0 Å². The van der Waals surface area contributed by atoms with Crippen molar-refractivity contribution in [3.05, 3.63) is 35.9 Å². The molecule has 2 amide bonds. The van der Waals surface area contributed by atoms with E-state index in [1.807, 2.05) is 44.2 Å². The van der Waals surface area contributed by atoms with Crippen LogP contribution in [0.1, 0.15) is 32.8 Å². The quantitative estimate of drug-likeness (QED) is 0.716. The van der Waals surface area contributed by atoms with E-state index in [4.69, 9.17) is 0 Å². The van der Waals surface area contributed by atoms with Crippen molar-refractivity contribution >= 4 is 11.8 Å². The van der Waals surface area contributed by atoms with E-state index < -0.39 is 6.04 Å². The Hall–Kier alpha value is -1.88. The van der Waals surface area contributed by atoms with Crippen LogP contribution in [0.5, 0.6) is 0 Å². The van der Waals surface area contributed by atoms with E-state index in [0.717, 1.165) is 5.56 Å². The van der Waals surface area contributed by atoms with Gasteiger partial charge in [-0.05, 0) is 24.3 Å². The Labute approximate surface area is 132 Å². The van der Waals surface area contributed by atoms with Crippen LogP contribution in [-0.2, 0) is 16.0 Å². The standard InChI is InChI=1S/C17H26N2O3/c1-13(2)11-16(18-14(3)21)17(22)19(12-20)10-9-15-7-5-4-6-8-15/h4-8,13,16,20H,9-12H2,1-3H3,(H,18,21)/t16-/m0/s1. The molecular formula is C17H26N2O3. The molecule has 5 heteroatoms. The first kappa shape index (κ1) is 18.2. The third-order valence-corrected chi connectivity index (χ3v) is 3.38. The number of carbonyl (C=O) groups excluding carboxylic acids is 2. The Morgan fingerprint density at radius 3 is 2.36 bits per heavy atom. The number of hydrogen-bond donors (Lipinski definition) is 2. The first-order valence-electron chi connectivity index (χ1n) is 7.64. The van der Waals surface area contributed by atoms with Gasteiger partial charge >= 0.3 is 0 Å². The molecule has 1 aromatic rings. The van der Waals surface area contributed by atoms with E-state index in [1.165, 1.54) is 11.8 Å². The summed E-state index contributed by atoms with van der Waals surface area (Å²) in [6.07, 6.45) is 1.22. The van der Waals surface area contributed by atoms with E-state index >= 15 is 0 Å². The van der Waals surface area contributed by atoms with Crippen molar-refractivity contribution in [2.24, 2.45) is 5.92 Å². The number of carbonyl (C=O) groups is 2. The van der Waals surface area contributed by atoms with Crippen LogP contribution in [0.15, 0.2) is 30.3 Å². The van der Waals surface area contributed by atoms with Gasteiger partial charge in [-0.2, -0.15) is 0 Å². The molecule has 0 fully saturated rings. The normalized spacial score (nSPS) is 12.0. The largest absolute Gasteiger partial charge is 0.376 e. The predicted molar refractivity (Wildman–Crippen MR) is 86.0 cm³/mol. The highest BCUT2D eigenvalue weighted by atomic mass is 16.3. The average Bonchev–Trinajstić information content (AvgIpc) is 2.47. The fraction of sp³-hybridized carbons (Fsp3) is 0.529. The van der Waals surface area contributed by atoms with Gasteiger partial charge in [-0.15, -0.1) is 0 Å². The summed E-state index contributed by atoms with van der Waals surface area (Å²) in [7, 11) is 0. The maximum Gasteiger partial charge on any atom is 0.246 e. The summed E-state index contributed by atoms with van der Waals surface area (Å²) in [6.45, 7) is 5.46. The van der Waals surface area contributed by atoms with Crippen LogP contribution in [0.3, 0.4) is 0 Å². The van der Waals surface area contributed by atoms with E-state index in [0.29, 0.717) is 19.4 Å². The maximum absolute atomic E-state index is 12.5. The highest BCUT2D eigenvalue weighted by Gasteiger charge is 2.25. The Morgan fingerprint density at radius 1 is 1.23 bits per heavy atom. The van der Waals surface area contributed by atoms with Gasteiger partial charge in [0.25, 0.3) is 0 Å². The highest BCUT2D eigenvalue weighted by molar-refractivity contribution is 5.86. The third-order valence-electron chi connectivity index (χ3n) is 3.38. The Morgan fingerprint density at radius 2 is 1.86 bits per heavy atom. The fourth-order valence-electron chi connectivity index (χ4n) is 2.32. The molecule has 0 aliphatic rings. The van der Waals surface area contributed by atoms with Crippen LogP contribution in [-0.4, -0.2) is 41.1 Å². The van der Waals surface area contributed by atoms with E-state index in [9.17, 15) is 14.7 Å². The first-order chi connectivity index (χ1) is 10.4. The van der Waals surface area contributed by atoms with Gasteiger partial charge in [0.15, 0.2) is 0 Å². The third kappa shape index (κ3) is 6.26. The second kappa shape index (κ2) is 9.20. The van der Waals surface area contributed by atoms with Gasteiger partial charge in [0.2, 0.25) is 11.8 Å². The van der Waals surface area contributed by atoms with Crippen molar-refractivity contribution in [1.29, 1.82) is 0 Å². The Bertz CT molecular complexity index is 474. The summed E-state index contributed by atoms with van der Waals surface area (Å²) in [5.41, 5.74) is 1.11.